The number of hydrogen-bond acceptors (Lipinski definition) is 3. The SMILES string of the molecule is CCCCCCc1nnc2c(c(C)nn2CC)c1Cl. The number of aryl methyl sites for hydroxylation is 3. The molecule has 0 aliphatic rings. The minimum Gasteiger partial charge on any atom is -0.246 e. The van der Waals surface area contributed by atoms with E-state index in [9.17, 15) is 0 Å². The van der Waals surface area contributed by atoms with Gasteiger partial charge in [-0.2, -0.15) is 10.2 Å². The normalized spacial score (nSPS) is 11.4. The zero-order valence-electron chi connectivity index (χ0n) is 11.9. The Morgan fingerprint density at radius 1 is 1.11 bits per heavy atom. The van der Waals surface area contributed by atoms with Gasteiger partial charge in [0.2, 0.25) is 0 Å². The van der Waals surface area contributed by atoms with E-state index in [2.05, 4.69) is 22.2 Å². The first-order valence-corrected chi connectivity index (χ1v) is 7.45. The predicted octanol–water partition coefficient (Wildman–Crippen LogP) is 3.93. The number of rotatable bonds is 6. The first-order chi connectivity index (χ1) is 9.19. The molecule has 0 atom stereocenters. The summed E-state index contributed by atoms with van der Waals surface area (Å²) in [6.07, 6.45) is 5.74. The monoisotopic (exact) mass is 280 g/mol. The van der Waals surface area contributed by atoms with Crippen molar-refractivity contribution in [2.45, 2.75) is 59.4 Å². The number of unbranched alkanes of at least 4 members (excludes halogenated alkanes) is 3. The van der Waals surface area contributed by atoms with Crippen LogP contribution in [0, 0.1) is 6.92 Å². The van der Waals surface area contributed by atoms with Crippen LogP contribution in [0.5, 0.6) is 0 Å². The van der Waals surface area contributed by atoms with Gasteiger partial charge >= 0.3 is 0 Å². The van der Waals surface area contributed by atoms with Crippen molar-refractivity contribution < 1.29 is 0 Å². The summed E-state index contributed by atoms with van der Waals surface area (Å²) in [7, 11) is 0. The molecule has 2 heterocycles. The molecular weight excluding hydrogens is 260 g/mol. The van der Waals surface area contributed by atoms with Gasteiger partial charge in [-0.15, -0.1) is 5.10 Å². The van der Waals surface area contributed by atoms with E-state index in [0.717, 1.165) is 46.8 Å². The summed E-state index contributed by atoms with van der Waals surface area (Å²) >= 11 is 6.47. The quantitative estimate of drug-likeness (QED) is 0.753. The largest absolute Gasteiger partial charge is 0.246 e. The van der Waals surface area contributed by atoms with Crippen LogP contribution in [-0.4, -0.2) is 20.0 Å². The van der Waals surface area contributed by atoms with Gasteiger partial charge in [0.05, 0.1) is 21.8 Å². The molecule has 0 saturated heterocycles. The van der Waals surface area contributed by atoms with Crippen LogP contribution in [0.3, 0.4) is 0 Å². The molecule has 104 valence electrons. The van der Waals surface area contributed by atoms with Crippen molar-refractivity contribution in [1.82, 2.24) is 20.0 Å². The Morgan fingerprint density at radius 3 is 2.58 bits per heavy atom. The molecule has 0 aliphatic heterocycles. The van der Waals surface area contributed by atoms with Crippen molar-refractivity contribution in [3.05, 3.63) is 16.4 Å². The molecule has 0 aromatic carbocycles. The van der Waals surface area contributed by atoms with Crippen LogP contribution < -0.4 is 0 Å². The molecule has 2 aromatic heterocycles. The Balaban J connectivity index is 2.27. The van der Waals surface area contributed by atoms with Gasteiger partial charge in [-0.05, 0) is 26.7 Å². The summed E-state index contributed by atoms with van der Waals surface area (Å²) in [5.41, 5.74) is 2.64. The van der Waals surface area contributed by atoms with Crippen molar-refractivity contribution in [3.63, 3.8) is 0 Å². The molecule has 0 saturated carbocycles. The van der Waals surface area contributed by atoms with E-state index in [1.54, 1.807) is 0 Å². The third-order valence-electron chi connectivity index (χ3n) is 3.41. The molecule has 0 radical (unpaired) electrons. The average molecular weight is 281 g/mol. The van der Waals surface area contributed by atoms with Crippen molar-refractivity contribution in [2.75, 3.05) is 0 Å². The van der Waals surface area contributed by atoms with Crippen LogP contribution in [0.15, 0.2) is 0 Å². The summed E-state index contributed by atoms with van der Waals surface area (Å²) < 4.78 is 1.85. The highest BCUT2D eigenvalue weighted by molar-refractivity contribution is 6.36. The molecule has 4 nitrogen and oxygen atoms in total. The number of fused-ring (bicyclic) bond motifs is 1. The van der Waals surface area contributed by atoms with Gasteiger partial charge in [-0.3, -0.25) is 0 Å². The lowest BCUT2D eigenvalue weighted by molar-refractivity contribution is 0.651. The number of halogens is 1. The summed E-state index contributed by atoms with van der Waals surface area (Å²) in [6, 6.07) is 0. The molecule has 0 spiro atoms. The second-order valence-corrected chi connectivity index (χ2v) is 5.25. The lowest BCUT2D eigenvalue weighted by atomic mass is 10.1. The van der Waals surface area contributed by atoms with Gasteiger partial charge in [0.1, 0.15) is 0 Å². The lowest BCUT2D eigenvalue weighted by Gasteiger charge is -2.04. The summed E-state index contributed by atoms with van der Waals surface area (Å²) in [6.45, 7) is 7.01. The molecular formula is C14H21ClN4. The lowest BCUT2D eigenvalue weighted by Crippen LogP contribution is -2.01. The Morgan fingerprint density at radius 2 is 1.89 bits per heavy atom. The molecule has 0 unspecified atom stereocenters. The third kappa shape index (κ3) is 2.89. The molecule has 2 rings (SSSR count). The van der Waals surface area contributed by atoms with Crippen molar-refractivity contribution in [3.8, 4) is 0 Å². The standard InChI is InChI=1S/C14H21ClN4/c1-4-6-7-8-9-11-13(15)12-10(3)18-19(5-2)14(12)17-16-11/h4-9H2,1-3H3. The van der Waals surface area contributed by atoms with Gasteiger partial charge in [-0.1, -0.05) is 37.8 Å². The number of aromatic nitrogens is 4. The fourth-order valence-electron chi connectivity index (χ4n) is 2.32. The smallest absolute Gasteiger partial charge is 0.182 e. The maximum Gasteiger partial charge on any atom is 0.182 e. The third-order valence-corrected chi connectivity index (χ3v) is 3.81. The zero-order chi connectivity index (χ0) is 13.8. The molecule has 0 bridgehead atoms. The van der Waals surface area contributed by atoms with Crippen LogP contribution in [0.4, 0.5) is 0 Å². The maximum atomic E-state index is 6.47. The Bertz CT molecular complexity index is 562. The fourth-order valence-corrected chi connectivity index (χ4v) is 2.68. The highest BCUT2D eigenvalue weighted by Gasteiger charge is 2.15. The minimum absolute atomic E-state index is 0.735. The van der Waals surface area contributed by atoms with Crippen molar-refractivity contribution >= 4 is 22.6 Å². The van der Waals surface area contributed by atoms with Gasteiger partial charge in [-0.25, -0.2) is 4.68 Å². The second kappa shape index (κ2) is 6.33. The second-order valence-electron chi connectivity index (χ2n) is 4.87. The van der Waals surface area contributed by atoms with Crippen molar-refractivity contribution in [1.29, 1.82) is 0 Å². The first kappa shape index (κ1) is 14.3. The summed E-state index contributed by atoms with van der Waals surface area (Å²) in [5.74, 6) is 0. The Labute approximate surface area is 119 Å². The number of hydrogen-bond donors (Lipinski definition) is 0. The molecule has 0 amide bonds. The highest BCUT2D eigenvalue weighted by Crippen LogP contribution is 2.27. The van der Waals surface area contributed by atoms with Crippen molar-refractivity contribution in [2.24, 2.45) is 0 Å². The first-order valence-electron chi connectivity index (χ1n) is 7.07. The topological polar surface area (TPSA) is 43.6 Å². The maximum absolute atomic E-state index is 6.47. The predicted molar refractivity (Wildman–Crippen MR) is 78.6 cm³/mol. The van der Waals surface area contributed by atoms with E-state index in [1.807, 2.05) is 18.5 Å². The number of nitrogens with zero attached hydrogens (tertiary/aromatic N) is 4. The fraction of sp³-hybridized carbons (Fsp3) is 0.643. The molecule has 0 fully saturated rings. The van der Waals surface area contributed by atoms with E-state index in [1.165, 1.54) is 19.3 Å². The van der Waals surface area contributed by atoms with E-state index in [0.29, 0.717) is 0 Å². The van der Waals surface area contributed by atoms with Crippen LogP contribution in [0.1, 0.15) is 50.9 Å². The van der Waals surface area contributed by atoms with Crippen LogP contribution in [-0.2, 0) is 13.0 Å². The molecule has 5 heteroatoms. The zero-order valence-corrected chi connectivity index (χ0v) is 12.7. The highest BCUT2D eigenvalue weighted by atomic mass is 35.5. The van der Waals surface area contributed by atoms with Gasteiger partial charge in [0, 0.05) is 6.54 Å². The molecule has 0 aliphatic carbocycles. The van der Waals surface area contributed by atoms with E-state index in [-0.39, 0.29) is 0 Å². The average Bonchev–Trinajstić information content (AvgIpc) is 2.74. The van der Waals surface area contributed by atoms with E-state index in [4.69, 9.17) is 11.6 Å². The van der Waals surface area contributed by atoms with Gasteiger partial charge < -0.3 is 0 Å². The summed E-state index contributed by atoms with van der Waals surface area (Å²) in [4.78, 5) is 0. The van der Waals surface area contributed by atoms with Crippen LogP contribution in [0.2, 0.25) is 5.02 Å². The summed E-state index contributed by atoms with van der Waals surface area (Å²) in [5, 5.41) is 14.7. The van der Waals surface area contributed by atoms with Gasteiger partial charge in [0.25, 0.3) is 0 Å². The Hall–Kier alpha value is -1.16. The van der Waals surface area contributed by atoms with Crippen LogP contribution >= 0.6 is 11.6 Å². The van der Waals surface area contributed by atoms with E-state index < -0.39 is 0 Å². The minimum atomic E-state index is 0.735. The molecule has 19 heavy (non-hydrogen) atoms. The van der Waals surface area contributed by atoms with Gasteiger partial charge in [0.15, 0.2) is 5.65 Å². The molecule has 2 aromatic rings. The molecule has 0 N–H and O–H groups in total. The van der Waals surface area contributed by atoms with E-state index >= 15 is 0 Å². The van der Waals surface area contributed by atoms with Crippen LogP contribution in [0.25, 0.3) is 11.0 Å². The Kier molecular flexibility index (Phi) is 4.75.